The molecule has 19 heavy (non-hydrogen) atoms. The van der Waals surface area contributed by atoms with E-state index in [0.29, 0.717) is 5.92 Å². The van der Waals surface area contributed by atoms with Gasteiger partial charge in [0.15, 0.2) is 0 Å². The van der Waals surface area contributed by atoms with Crippen LogP contribution in [0.5, 0.6) is 0 Å². The number of nitrogens with zero attached hydrogens (tertiary/aromatic N) is 3. The van der Waals surface area contributed by atoms with Crippen molar-refractivity contribution < 1.29 is 4.79 Å². The SMILES string of the molecule is Cc1nn(C)c(C)c1C(=O)N1CCC(CCN)CC1. The van der Waals surface area contributed by atoms with Crippen molar-refractivity contribution in [3.8, 4) is 0 Å². The summed E-state index contributed by atoms with van der Waals surface area (Å²) >= 11 is 0. The maximum absolute atomic E-state index is 12.6. The molecule has 106 valence electrons. The Labute approximate surface area is 114 Å². The third-order valence-electron chi connectivity index (χ3n) is 4.20. The molecular formula is C14H24N4O. The molecule has 0 aromatic carbocycles. The number of nitrogens with two attached hydrogens (primary N) is 1. The van der Waals surface area contributed by atoms with Gasteiger partial charge in [-0.05, 0) is 45.6 Å². The summed E-state index contributed by atoms with van der Waals surface area (Å²) in [6.07, 6.45) is 3.22. The van der Waals surface area contributed by atoms with E-state index in [1.807, 2.05) is 25.8 Å². The maximum atomic E-state index is 12.6. The van der Waals surface area contributed by atoms with Gasteiger partial charge in [-0.1, -0.05) is 0 Å². The van der Waals surface area contributed by atoms with Gasteiger partial charge in [0.25, 0.3) is 5.91 Å². The fourth-order valence-corrected chi connectivity index (χ4v) is 2.90. The molecule has 1 aliphatic rings. The molecule has 2 rings (SSSR count). The van der Waals surface area contributed by atoms with Crippen LogP contribution in [-0.4, -0.2) is 40.2 Å². The molecular weight excluding hydrogens is 240 g/mol. The second-order valence-electron chi connectivity index (χ2n) is 5.48. The van der Waals surface area contributed by atoms with E-state index in [1.165, 1.54) is 0 Å². The highest BCUT2D eigenvalue weighted by molar-refractivity contribution is 5.96. The summed E-state index contributed by atoms with van der Waals surface area (Å²) in [5.74, 6) is 0.819. The van der Waals surface area contributed by atoms with Gasteiger partial charge >= 0.3 is 0 Å². The van der Waals surface area contributed by atoms with E-state index in [4.69, 9.17) is 5.73 Å². The van der Waals surface area contributed by atoms with Crippen LogP contribution in [0.1, 0.15) is 41.0 Å². The number of hydrogen-bond donors (Lipinski definition) is 1. The van der Waals surface area contributed by atoms with Crippen molar-refractivity contribution in [1.82, 2.24) is 14.7 Å². The van der Waals surface area contributed by atoms with E-state index in [9.17, 15) is 4.79 Å². The van der Waals surface area contributed by atoms with E-state index in [-0.39, 0.29) is 5.91 Å². The molecule has 5 nitrogen and oxygen atoms in total. The first-order valence-electron chi connectivity index (χ1n) is 7.04. The normalized spacial score (nSPS) is 16.9. The Morgan fingerprint density at radius 1 is 1.37 bits per heavy atom. The average molecular weight is 264 g/mol. The fraction of sp³-hybridized carbons (Fsp3) is 0.714. The molecule has 1 saturated heterocycles. The lowest BCUT2D eigenvalue weighted by Crippen LogP contribution is -2.39. The molecule has 0 atom stereocenters. The van der Waals surface area contributed by atoms with Crippen molar-refractivity contribution in [2.24, 2.45) is 18.7 Å². The van der Waals surface area contributed by atoms with Crippen molar-refractivity contribution in [3.63, 3.8) is 0 Å². The first-order chi connectivity index (χ1) is 9.04. The summed E-state index contributed by atoms with van der Waals surface area (Å²) in [5.41, 5.74) is 8.15. The number of piperidine rings is 1. The zero-order valence-electron chi connectivity index (χ0n) is 12.1. The van der Waals surface area contributed by atoms with Crippen LogP contribution >= 0.6 is 0 Å². The van der Waals surface area contributed by atoms with Crippen LogP contribution in [0.25, 0.3) is 0 Å². The van der Waals surface area contributed by atoms with Crippen molar-refractivity contribution in [1.29, 1.82) is 0 Å². The summed E-state index contributed by atoms with van der Waals surface area (Å²) in [6, 6.07) is 0. The van der Waals surface area contributed by atoms with E-state index in [0.717, 1.165) is 55.8 Å². The van der Waals surface area contributed by atoms with Crippen LogP contribution < -0.4 is 5.73 Å². The molecule has 1 aliphatic heterocycles. The molecule has 0 bridgehead atoms. The van der Waals surface area contributed by atoms with Gasteiger partial charge in [-0.25, -0.2) is 0 Å². The lowest BCUT2D eigenvalue weighted by atomic mass is 9.93. The molecule has 1 fully saturated rings. The molecule has 0 radical (unpaired) electrons. The minimum atomic E-state index is 0.134. The molecule has 0 aliphatic carbocycles. The minimum Gasteiger partial charge on any atom is -0.339 e. The van der Waals surface area contributed by atoms with Gasteiger partial charge < -0.3 is 10.6 Å². The number of carbonyl (C=O) groups is 1. The van der Waals surface area contributed by atoms with Gasteiger partial charge in [0.2, 0.25) is 0 Å². The number of carbonyl (C=O) groups excluding carboxylic acids is 1. The van der Waals surface area contributed by atoms with E-state index >= 15 is 0 Å². The summed E-state index contributed by atoms with van der Waals surface area (Å²) in [4.78, 5) is 14.5. The first-order valence-corrected chi connectivity index (χ1v) is 7.04. The Bertz CT molecular complexity index is 458. The Balaban J connectivity index is 2.05. The average Bonchev–Trinajstić information content (AvgIpc) is 2.64. The highest BCUT2D eigenvalue weighted by Gasteiger charge is 2.26. The Morgan fingerprint density at radius 2 is 2.00 bits per heavy atom. The van der Waals surface area contributed by atoms with E-state index in [2.05, 4.69) is 5.10 Å². The van der Waals surface area contributed by atoms with Crippen LogP contribution in [0.4, 0.5) is 0 Å². The standard InChI is InChI=1S/C14H24N4O/c1-10-13(11(2)17(3)16-10)14(19)18-8-5-12(4-7-15)6-9-18/h12H,4-9,15H2,1-3H3. The Kier molecular flexibility index (Phi) is 4.24. The fourth-order valence-electron chi connectivity index (χ4n) is 2.90. The molecule has 1 aromatic heterocycles. The molecule has 1 amide bonds. The number of aromatic nitrogens is 2. The maximum Gasteiger partial charge on any atom is 0.257 e. The van der Waals surface area contributed by atoms with Gasteiger partial charge in [0.05, 0.1) is 11.3 Å². The Hall–Kier alpha value is -1.36. The summed E-state index contributed by atoms with van der Waals surface area (Å²) in [5, 5.41) is 4.32. The largest absolute Gasteiger partial charge is 0.339 e. The van der Waals surface area contributed by atoms with Gasteiger partial charge in [-0.3, -0.25) is 9.48 Å². The quantitative estimate of drug-likeness (QED) is 0.893. The summed E-state index contributed by atoms with van der Waals surface area (Å²) in [7, 11) is 1.88. The number of aryl methyl sites for hydroxylation is 2. The van der Waals surface area contributed by atoms with Crippen molar-refractivity contribution in [2.75, 3.05) is 19.6 Å². The monoisotopic (exact) mass is 264 g/mol. The molecule has 2 heterocycles. The van der Waals surface area contributed by atoms with Crippen LogP contribution in [0.15, 0.2) is 0 Å². The third kappa shape index (κ3) is 2.81. The molecule has 2 N–H and O–H groups in total. The second-order valence-corrected chi connectivity index (χ2v) is 5.48. The topological polar surface area (TPSA) is 64.2 Å². The zero-order chi connectivity index (χ0) is 14.0. The second kappa shape index (κ2) is 5.74. The number of amides is 1. The lowest BCUT2D eigenvalue weighted by Gasteiger charge is -2.32. The van der Waals surface area contributed by atoms with Gasteiger partial charge in [-0.2, -0.15) is 5.10 Å². The summed E-state index contributed by atoms with van der Waals surface area (Å²) < 4.78 is 1.78. The molecule has 1 aromatic rings. The van der Waals surface area contributed by atoms with Crippen LogP contribution in [0, 0.1) is 19.8 Å². The predicted octanol–water partition coefficient (Wildman–Crippen LogP) is 1.24. The van der Waals surface area contributed by atoms with Crippen LogP contribution in [0.3, 0.4) is 0 Å². The third-order valence-corrected chi connectivity index (χ3v) is 4.20. The molecule has 0 saturated carbocycles. The molecule has 0 unspecified atom stereocenters. The van der Waals surface area contributed by atoms with Crippen LogP contribution in [0.2, 0.25) is 0 Å². The van der Waals surface area contributed by atoms with E-state index < -0.39 is 0 Å². The molecule has 0 spiro atoms. The molecule has 5 heteroatoms. The highest BCUT2D eigenvalue weighted by atomic mass is 16.2. The van der Waals surface area contributed by atoms with Crippen molar-refractivity contribution in [2.45, 2.75) is 33.1 Å². The summed E-state index contributed by atoms with van der Waals surface area (Å²) in [6.45, 7) is 6.30. The minimum absolute atomic E-state index is 0.134. The zero-order valence-corrected chi connectivity index (χ0v) is 12.1. The lowest BCUT2D eigenvalue weighted by molar-refractivity contribution is 0.0686. The van der Waals surface area contributed by atoms with Gasteiger partial charge in [0.1, 0.15) is 0 Å². The predicted molar refractivity (Wildman–Crippen MR) is 75.0 cm³/mol. The first kappa shape index (κ1) is 14.1. The van der Waals surface area contributed by atoms with Crippen molar-refractivity contribution in [3.05, 3.63) is 17.0 Å². The van der Waals surface area contributed by atoms with E-state index in [1.54, 1.807) is 4.68 Å². The van der Waals surface area contributed by atoms with Gasteiger partial charge in [0, 0.05) is 25.8 Å². The number of hydrogen-bond acceptors (Lipinski definition) is 3. The van der Waals surface area contributed by atoms with Gasteiger partial charge in [-0.15, -0.1) is 0 Å². The highest BCUT2D eigenvalue weighted by Crippen LogP contribution is 2.23. The van der Waals surface area contributed by atoms with Crippen LogP contribution in [-0.2, 0) is 7.05 Å². The number of rotatable bonds is 3. The van der Waals surface area contributed by atoms with Crippen molar-refractivity contribution >= 4 is 5.91 Å². The Morgan fingerprint density at radius 3 is 2.47 bits per heavy atom. The smallest absolute Gasteiger partial charge is 0.257 e. The number of likely N-dealkylation sites (tertiary alicyclic amines) is 1.